The lowest BCUT2D eigenvalue weighted by Crippen LogP contribution is -2.43. The lowest BCUT2D eigenvalue weighted by molar-refractivity contribution is 0.309. The zero-order chi connectivity index (χ0) is 15.7. The van der Waals surface area contributed by atoms with E-state index in [4.69, 9.17) is 0 Å². The molecule has 0 amide bonds. The largest absolute Gasteiger partial charge is 0.218 e. The van der Waals surface area contributed by atoms with Crippen molar-refractivity contribution >= 4 is 10.0 Å². The standard InChI is InChI=1S/C18H21NO2S/c1-14-6-5-7-16(10-14)13-22(20,21)19-12-18-9-4-3-8-17(18)11-15(19)2/h3-10,15H,11-13H2,1-2H3. The van der Waals surface area contributed by atoms with Crippen molar-refractivity contribution in [2.45, 2.75) is 38.6 Å². The van der Waals surface area contributed by atoms with E-state index in [1.807, 2.05) is 56.3 Å². The molecule has 2 aromatic carbocycles. The number of benzene rings is 2. The van der Waals surface area contributed by atoms with Crippen LogP contribution in [0.1, 0.15) is 29.2 Å². The lowest BCUT2D eigenvalue weighted by atomic mass is 9.97. The molecular weight excluding hydrogens is 294 g/mol. The van der Waals surface area contributed by atoms with Gasteiger partial charge in [0.2, 0.25) is 10.0 Å². The first-order chi connectivity index (χ1) is 10.5. The van der Waals surface area contributed by atoms with E-state index in [2.05, 4.69) is 6.07 Å². The molecule has 4 heteroatoms. The number of sulfonamides is 1. The Bertz CT molecular complexity index is 783. The third-order valence-electron chi connectivity index (χ3n) is 4.24. The molecule has 0 aliphatic carbocycles. The van der Waals surface area contributed by atoms with E-state index in [-0.39, 0.29) is 11.8 Å². The summed E-state index contributed by atoms with van der Waals surface area (Å²) in [5.41, 5.74) is 4.32. The molecule has 3 rings (SSSR count). The molecule has 1 unspecified atom stereocenters. The van der Waals surface area contributed by atoms with Gasteiger partial charge in [0.15, 0.2) is 0 Å². The highest BCUT2D eigenvalue weighted by molar-refractivity contribution is 7.88. The minimum absolute atomic E-state index is 0.00436. The Morgan fingerprint density at radius 2 is 1.82 bits per heavy atom. The third kappa shape index (κ3) is 3.08. The zero-order valence-electron chi connectivity index (χ0n) is 13.0. The molecule has 22 heavy (non-hydrogen) atoms. The minimum atomic E-state index is -3.31. The Hall–Kier alpha value is -1.65. The molecule has 1 aliphatic heterocycles. The molecular formula is C18H21NO2S. The highest BCUT2D eigenvalue weighted by Gasteiger charge is 2.31. The summed E-state index contributed by atoms with van der Waals surface area (Å²) in [4.78, 5) is 0. The van der Waals surface area contributed by atoms with Gasteiger partial charge in [0.25, 0.3) is 0 Å². The van der Waals surface area contributed by atoms with Crippen LogP contribution in [-0.4, -0.2) is 18.8 Å². The van der Waals surface area contributed by atoms with Crippen LogP contribution in [0, 0.1) is 6.92 Å². The van der Waals surface area contributed by atoms with Gasteiger partial charge in [0.1, 0.15) is 0 Å². The molecule has 0 aromatic heterocycles. The molecule has 0 saturated heterocycles. The van der Waals surface area contributed by atoms with Crippen molar-refractivity contribution in [3.8, 4) is 0 Å². The number of hydrogen-bond acceptors (Lipinski definition) is 2. The van der Waals surface area contributed by atoms with Crippen LogP contribution in [0.4, 0.5) is 0 Å². The first kappa shape index (κ1) is 15.3. The molecule has 1 atom stereocenters. The maximum absolute atomic E-state index is 12.8. The number of rotatable bonds is 3. The van der Waals surface area contributed by atoms with Gasteiger partial charge in [-0.05, 0) is 37.0 Å². The highest BCUT2D eigenvalue weighted by Crippen LogP contribution is 2.27. The topological polar surface area (TPSA) is 37.4 Å². The average molecular weight is 315 g/mol. The van der Waals surface area contributed by atoms with Crippen LogP contribution < -0.4 is 0 Å². The second kappa shape index (κ2) is 5.86. The van der Waals surface area contributed by atoms with E-state index in [0.717, 1.165) is 23.1 Å². The Labute approximate surface area is 132 Å². The molecule has 1 aliphatic rings. The molecule has 1 heterocycles. The van der Waals surface area contributed by atoms with Crippen LogP contribution in [0.5, 0.6) is 0 Å². The van der Waals surface area contributed by atoms with Crippen molar-refractivity contribution in [2.24, 2.45) is 0 Å². The van der Waals surface area contributed by atoms with E-state index in [9.17, 15) is 8.42 Å². The lowest BCUT2D eigenvalue weighted by Gasteiger charge is -2.34. The molecule has 0 radical (unpaired) electrons. The second-order valence-electron chi connectivity index (χ2n) is 6.11. The fourth-order valence-electron chi connectivity index (χ4n) is 3.12. The fraction of sp³-hybridized carbons (Fsp3) is 0.333. The number of aryl methyl sites for hydroxylation is 1. The van der Waals surface area contributed by atoms with E-state index in [1.165, 1.54) is 5.56 Å². The average Bonchev–Trinajstić information content (AvgIpc) is 2.46. The van der Waals surface area contributed by atoms with Gasteiger partial charge in [-0.25, -0.2) is 8.42 Å². The van der Waals surface area contributed by atoms with Crippen molar-refractivity contribution in [1.29, 1.82) is 0 Å². The summed E-state index contributed by atoms with van der Waals surface area (Å²) in [7, 11) is -3.31. The monoisotopic (exact) mass is 315 g/mol. The molecule has 116 valence electrons. The minimum Gasteiger partial charge on any atom is -0.212 e. The van der Waals surface area contributed by atoms with E-state index in [0.29, 0.717) is 6.54 Å². The molecule has 2 aromatic rings. The number of hydrogen-bond donors (Lipinski definition) is 0. The molecule has 0 bridgehead atoms. The van der Waals surface area contributed by atoms with Crippen LogP contribution >= 0.6 is 0 Å². The summed E-state index contributed by atoms with van der Waals surface area (Å²) in [6, 6.07) is 15.8. The quantitative estimate of drug-likeness (QED) is 0.872. The predicted octanol–water partition coefficient (Wildman–Crippen LogP) is 3.27. The number of fused-ring (bicyclic) bond motifs is 1. The van der Waals surface area contributed by atoms with Gasteiger partial charge >= 0.3 is 0 Å². The van der Waals surface area contributed by atoms with Crippen LogP contribution in [0.2, 0.25) is 0 Å². The third-order valence-corrected chi connectivity index (χ3v) is 6.14. The molecule has 0 fully saturated rings. The Morgan fingerprint density at radius 3 is 2.55 bits per heavy atom. The molecule has 0 saturated carbocycles. The fourth-order valence-corrected chi connectivity index (χ4v) is 4.85. The van der Waals surface area contributed by atoms with E-state index in [1.54, 1.807) is 4.31 Å². The van der Waals surface area contributed by atoms with Crippen molar-refractivity contribution in [1.82, 2.24) is 4.31 Å². The summed E-state index contributed by atoms with van der Waals surface area (Å²) in [6.07, 6.45) is 0.781. The summed E-state index contributed by atoms with van der Waals surface area (Å²) in [5, 5.41) is 0. The second-order valence-corrected chi connectivity index (χ2v) is 8.03. The van der Waals surface area contributed by atoms with Crippen LogP contribution in [0.3, 0.4) is 0 Å². The normalized spacial score (nSPS) is 18.9. The van der Waals surface area contributed by atoms with E-state index >= 15 is 0 Å². The summed E-state index contributed by atoms with van der Waals surface area (Å²) >= 11 is 0. The van der Waals surface area contributed by atoms with Gasteiger partial charge in [-0.1, -0.05) is 54.1 Å². The van der Waals surface area contributed by atoms with Crippen molar-refractivity contribution in [3.05, 3.63) is 70.8 Å². The molecule has 3 nitrogen and oxygen atoms in total. The Kier molecular flexibility index (Phi) is 4.06. The Morgan fingerprint density at radius 1 is 1.09 bits per heavy atom. The Balaban J connectivity index is 1.86. The first-order valence-corrected chi connectivity index (χ1v) is 9.18. The maximum atomic E-state index is 12.8. The van der Waals surface area contributed by atoms with Crippen LogP contribution in [0.15, 0.2) is 48.5 Å². The van der Waals surface area contributed by atoms with Gasteiger partial charge in [-0.15, -0.1) is 0 Å². The van der Waals surface area contributed by atoms with Gasteiger partial charge < -0.3 is 0 Å². The smallest absolute Gasteiger partial charge is 0.212 e. The zero-order valence-corrected chi connectivity index (χ0v) is 13.8. The number of nitrogens with zero attached hydrogens (tertiary/aromatic N) is 1. The van der Waals surface area contributed by atoms with Gasteiger partial charge in [-0.3, -0.25) is 0 Å². The van der Waals surface area contributed by atoms with E-state index < -0.39 is 10.0 Å². The maximum Gasteiger partial charge on any atom is 0.218 e. The summed E-state index contributed by atoms with van der Waals surface area (Å²) in [5.74, 6) is 0.0706. The summed E-state index contributed by atoms with van der Waals surface area (Å²) in [6.45, 7) is 4.45. The summed E-state index contributed by atoms with van der Waals surface area (Å²) < 4.78 is 27.3. The van der Waals surface area contributed by atoms with Crippen LogP contribution in [-0.2, 0) is 28.7 Å². The SMILES string of the molecule is Cc1cccc(CS(=O)(=O)N2Cc3ccccc3CC2C)c1. The van der Waals surface area contributed by atoms with Crippen molar-refractivity contribution < 1.29 is 8.42 Å². The molecule has 0 N–H and O–H groups in total. The highest BCUT2D eigenvalue weighted by atomic mass is 32.2. The molecule has 0 spiro atoms. The van der Waals surface area contributed by atoms with Crippen LogP contribution in [0.25, 0.3) is 0 Å². The van der Waals surface area contributed by atoms with Crippen molar-refractivity contribution in [3.63, 3.8) is 0 Å². The first-order valence-electron chi connectivity index (χ1n) is 7.57. The predicted molar refractivity (Wildman–Crippen MR) is 89.0 cm³/mol. The van der Waals surface area contributed by atoms with Gasteiger partial charge in [-0.2, -0.15) is 4.31 Å². The van der Waals surface area contributed by atoms with Gasteiger partial charge in [0, 0.05) is 12.6 Å². The van der Waals surface area contributed by atoms with Gasteiger partial charge in [0.05, 0.1) is 5.75 Å². The van der Waals surface area contributed by atoms with Crippen molar-refractivity contribution in [2.75, 3.05) is 0 Å².